The predicted octanol–water partition coefficient (Wildman–Crippen LogP) is 4.06. The summed E-state index contributed by atoms with van der Waals surface area (Å²) in [5, 5.41) is 8.00. The van der Waals surface area contributed by atoms with Gasteiger partial charge in [0.15, 0.2) is 11.0 Å². The molecular weight excluding hydrogens is 298 g/mol. The minimum Gasteiger partial charge on any atom is -0.480 e. The molecule has 5 heteroatoms. The van der Waals surface area contributed by atoms with Crippen LogP contribution < -0.4 is 0 Å². The smallest absolute Gasteiger partial charge is 0.325 e. The van der Waals surface area contributed by atoms with Gasteiger partial charge >= 0.3 is 5.97 Å². The van der Waals surface area contributed by atoms with Crippen molar-refractivity contribution < 1.29 is 14.3 Å². The summed E-state index contributed by atoms with van der Waals surface area (Å²) in [4.78, 5) is 15.5. The Bertz CT molecular complexity index is 727. The zero-order valence-corrected chi connectivity index (χ0v) is 12.4. The Kier molecular flexibility index (Phi) is 3.98. The topological polar surface area (TPSA) is 63.3 Å². The molecule has 3 rings (SSSR count). The number of benzene rings is 2. The molecule has 22 heavy (non-hydrogen) atoms. The number of carboxylic acid groups (broad SMARTS) is 1. The van der Waals surface area contributed by atoms with Crippen molar-refractivity contribution in [1.82, 2.24) is 4.98 Å². The lowest BCUT2D eigenvalue weighted by Crippen LogP contribution is -2.05. The van der Waals surface area contributed by atoms with Crippen LogP contribution in [0.25, 0.3) is 22.6 Å². The summed E-state index contributed by atoms with van der Waals surface area (Å²) in [6.45, 7) is 0. The number of carboxylic acids is 1. The lowest BCUT2D eigenvalue weighted by atomic mass is 10.1. The first-order valence-corrected chi connectivity index (χ1v) is 7.21. The summed E-state index contributed by atoms with van der Waals surface area (Å²) >= 11 is 4.04. The molecule has 0 fully saturated rings. The Morgan fingerprint density at radius 2 is 1.55 bits per heavy atom. The second kappa shape index (κ2) is 6.07. The van der Waals surface area contributed by atoms with Gasteiger partial charge in [0, 0.05) is 11.1 Å². The molecule has 1 atom stereocenters. The van der Waals surface area contributed by atoms with Crippen LogP contribution in [0, 0.1) is 0 Å². The number of oxazole rings is 1. The first-order valence-electron chi connectivity index (χ1n) is 6.69. The molecule has 1 heterocycles. The number of rotatable bonds is 4. The van der Waals surface area contributed by atoms with Crippen LogP contribution in [0.3, 0.4) is 0 Å². The average molecular weight is 311 g/mol. The van der Waals surface area contributed by atoms with Crippen LogP contribution in [0.2, 0.25) is 0 Å². The van der Waals surface area contributed by atoms with Crippen LogP contribution in [0.4, 0.5) is 0 Å². The minimum absolute atomic E-state index is 0.0774. The van der Waals surface area contributed by atoms with Gasteiger partial charge in [-0.2, -0.15) is 12.6 Å². The number of nitrogens with zero attached hydrogens (tertiary/aromatic N) is 1. The third kappa shape index (κ3) is 2.76. The van der Waals surface area contributed by atoms with Gasteiger partial charge in [-0.25, -0.2) is 4.98 Å². The summed E-state index contributed by atoms with van der Waals surface area (Å²) in [6.07, 6.45) is 0. The van der Waals surface area contributed by atoms with Crippen molar-refractivity contribution in [1.29, 1.82) is 0 Å². The van der Waals surface area contributed by atoms with Crippen LogP contribution in [0.5, 0.6) is 0 Å². The molecule has 4 nitrogen and oxygen atoms in total. The Morgan fingerprint density at radius 3 is 2.09 bits per heavy atom. The van der Waals surface area contributed by atoms with Gasteiger partial charge in [-0.1, -0.05) is 60.7 Å². The van der Waals surface area contributed by atoms with E-state index in [0.717, 1.165) is 11.1 Å². The number of aromatic nitrogens is 1. The fourth-order valence-corrected chi connectivity index (χ4v) is 2.25. The molecule has 0 aliphatic rings. The van der Waals surface area contributed by atoms with Gasteiger partial charge in [-0.3, -0.25) is 4.79 Å². The van der Waals surface area contributed by atoms with Crippen molar-refractivity contribution >= 4 is 18.6 Å². The first-order chi connectivity index (χ1) is 10.7. The Balaban J connectivity index is 2.17. The maximum absolute atomic E-state index is 11.1. The van der Waals surface area contributed by atoms with E-state index in [1.54, 1.807) is 0 Å². The first kappa shape index (κ1) is 14.4. The van der Waals surface area contributed by atoms with Gasteiger partial charge in [-0.15, -0.1) is 0 Å². The van der Waals surface area contributed by atoms with Crippen LogP contribution in [-0.4, -0.2) is 16.1 Å². The number of carbonyl (C=O) groups is 1. The lowest BCUT2D eigenvalue weighted by molar-refractivity contribution is -0.136. The van der Waals surface area contributed by atoms with Crippen molar-refractivity contribution in [3.8, 4) is 22.6 Å². The molecule has 3 aromatic rings. The maximum atomic E-state index is 11.1. The Labute approximate surface area is 132 Å². The third-order valence-corrected chi connectivity index (χ3v) is 3.64. The predicted molar refractivity (Wildman–Crippen MR) is 86.7 cm³/mol. The molecule has 0 spiro atoms. The van der Waals surface area contributed by atoms with Crippen molar-refractivity contribution in [2.75, 3.05) is 0 Å². The summed E-state index contributed by atoms with van der Waals surface area (Å²) in [5.74, 6) is -0.473. The van der Waals surface area contributed by atoms with Gasteiger partial charge in [0.25, 0.3) is 0 Å². The van der Waals surface area contributed by atoms with Crippen molar-refractivity contribution in [2.45, 2.75) is 5.25 Å². The van der Waals surface area contributed by atoms with E-state index in [2.05, 4.69) is 17.6 Å². The fourth-order valence-electron chi connectivity index (χ4n) is 2.14. The van der Waals surface area contributed by atoms with Crippen molar-refractivity contribution in [2.24, 2.45) is 0 Å². The highest BCUT2D eigenvalue weighted by atomic mass is 32.1. The van der Waals surface area contributed by atoms with E-state index in [1.165, 1.54) is 0 Å². The van der Waals surface area contributed by atoms with E-state index in [1.807, 2.05) is 60.7 Å². The molecular formula is C17H13NO3S. The zero-order valence-electron chi connectivity index (χ0n) is 11.5. The molecule has 2 aromatic carbocycles. The normalized spacial score (nSPS) is 12.0. The number of aliphatic carboxylic acids is 1. The molecule has 1 aromatic heterocycles. The highest BCUT2D eigenvalue weighted by Crippen LogP contribution is 2.35. The lowest BCUT2D eigenvalue weighted by Gasteiger charge is -2.01. The molecule has 0 aliphatic carbocycles. The monoisotopic (exact) mass is 311 g/mol. The fraction of sp³-hybridized carbons (Fsp3) is 0.0588. The average Bonchev–Trinajstić information content (AvgIpc) is 3.01. The molecule has 0 aliphatic heterocycles. The van der Waals surface area contributed by atoms with Gasteiger partial charge < -0.3 is 9.52 Å². The molecule has 0 saturated carbocycles. The van der Waals surface area contributed by atoms with Crippen LogP contribution >= 0.6 is 12.6 Å². The molecule has 1 unspecified atom stereocenters. The number of hydrogen-bond donors (Lipinski definition) is 2. The van der Waals surface area contributed by atoms with Crippen LogP contribution in [0.1, 0.15) is 11.1 Å². The number of thiol groups is 1. The molecule has 1 N–H and O–H groups in total. The Hall–Kier alpha value is -2.53. The van der Waals surface area contributed by atoms with Crippen molar-refractivity contribution in [3.63, 3.8) is 0 Å². The second-order valence-electron chi connectivity index (χ2n) is 4.70. The molecule has 0 amide bonds. The number of hydrogen-bond acceptors (Lipinski definition) is 4. The molecule has 0 saturated heterocycles. The largest absolute Gasteiger partial charge is 0.480 e. The molecule has 0 bridgehead atoms. The SMILES string of the molecule is O=C(O)C(S)c1nc(-c2ccccc2)c(-c2ccccc2)o1. The van der Waals surface area contributed by atoms with E-state index in [0.29, 0.717) is 11.5 Å². The van der Waals surface area contributed by atoms with Gasteiger partial charge in [0.2, 0.25) is 5.89 Å². The summed E-state index contributed by atoms with van der Waals surface area (Å²) < 4.78 is 5.71. The van der Waals surface area contributed by atoms with Crippen LogP contribution in [-0.2, 0) is 4.79 Å². The standard InChI is InChI=1S/C17H13NO3S/c19-17(20)15(22)16-18-13(11-7-3-1-4-8-11)14(21-16)12-9-5-2-6-10-12/h1-10,15,22H,(H,19,20). The third-order valence-electron chi connectivity index (χ3n) is 3.19. The maximum Gasteiger partial charge on any atom is 0.325 e. The minimum atomic E-state index is -1.10. The van der Waals surface area contributed by atoms with Crippen molar-refractivity contribution in [3.05, 3.63) is 66.6 Å². The van der Waals surface area contributed by atoms with Gasteiger partial charge in [-0.05, 0) is 0 Å². The summed E-state index contributed by atoms with van der Waals surface area (Å²) in [5.41, 5.74) is 2.32. The van der Waals surface area contributed by atoms with E-state index in [-0.39, 0.29) is 5.89 Å². The summed E-state index contributed by atoms with van der Waals surface area (Å²) in [6, 6.07) is 19.0. The Morgan fingerprint density at radius 1 is 1.00 bits per heavy atom. The highest BCUT2D eigenvalue weighted by Gasteiger charge is 2.25. The van der Waals surface area contributed by atoms with E-state index in [4.69, 9.17) is 9.52 Å². The van der Waals surface area contributed by atoms with E-state index >= 15 is 0 Å². The van der Waals surface area contributed by atoms with E-state index < -0.39 is 11.2 Å². The second-order valence-corrected chi connectivity index (χ2v) is 5.22. The van der Waals surface area contributed by atoms with Crippen LogP contribution in [0.15, 0.2) is 65.1 Å². The van der Waals surface area contributed by atoms with Gasteiger partial charge in [0.1, 0.15) is 5.69 Å². The molecule has 110 valence electrons. The highest BCUT2D eigenvalue weighted by molar-refractivity contribution is 7.81. The molecule has 0 radical (unpaired) electrons. The zero-order chi connectivity index (χ0) is 15.5. The van der Waals surface area contributed by atoms with Gasteiger partial charge in [0.05, 0.1) is 0 Å². The quantitative estimate of drug-likeness (QED) is 0.713. The van der Waals surface area contributed by atoms with E-state index in [9.17, 15) is 4.79 Å². The summed E-state index contributed by atoms with van der Waals surface area (Å²) in [7, 11) is 0.